The van der Waals surface area contributed by atoms with Crippen LogP contribution in [0.2, 0.25) is 5.02 Å². The van der Waals surface area contributed by atoms with Crippen LogP contribution in [0.25, 0.3) is 0 Å². The molecule has 0 spiro atoms. The van der Waals surface area contributed by atoms with E-state index in [0.717, 1.165) is 17.0 Å². The van der Waals surface area contributed by atoms with Crippen LogP contribution in [0, 0.1) is 5.82 Å². The fourth-order valence-electron chi connectivity index (χ4n) is 1.72. The van der Waals surface area contributed by atoms with Crippen LogP contribution in [-0.2, 0) is 6.54 Å². The molecule has 0 saturated heterocycles. The Kier molecular flexibility index (Phi) is 5.25. The molecule has 0 unspecified atom stereocenters. The van der Waals surface area contributed by atoms with Crippen molar-refractivity contribution in [2.24, 2.45) is 0 Å². The van der Waals surface area contributed by atoms with Gasteiger partial charge in [-0.2, -0.15) is 0 Å². The van der Waals surface area contributed by atoms with Gasteiger partial charge in [-0.05, 0) is 36.4 Å². The molecule has 2 aromatic carbocycles. The number of halogens is 2. The van der Waals surface area contributed by atoms with E-state index >= 15 is 0 Å². The number of hydrogen-bond acceptors (Lipinski definition) is 2. The van der Waals surface area contributed by atoms with E-state index in [4.69, 9.17) is 11.6 Å². The van der Waals surface area contributed by atoms with E-state index in [1.54, 1.807) is 6.07 Å². The molecule has 0 bridgehead atoms. The van der Waals surface area contributed by atoms with Gasteiger partial charge in [-0.3, -0.25) is 0 Å². The van der Waals surface area contributed by atoms with Gasteiger partial charge in [0.1, 0.15) is 5.82 Å². The van der Waals surface area contributed by atoms with Crippen molar-refractivity contribution in [1.82, 2.24) is 5.32 Å². The molecule has 100 valence electrons. The minimum absolute atomic E-state index is 0.194. The van der Waals surface area contributed by atoms with Crippen molar-refractivity contribution in [1.29, 1.82) is 0 Å². The number of rotatable bonds is 5. The van der Waals surface area contributed by atoms with Gasteiger partial charge in [-0.1, -0.05) is 48.5 Å². The van der Waals surface area contributed by atoms with Crippen LogP contribution in [0.5, 0.6) is 0 Å². The van der Waals surface area contributed by atoms with E-state index in [0.29, 0.717) is 16.5 Å². The number of nitrogens with one attached hydrogen (secondary N) is 1. The first-order valence-corrected chi connectivity index (χ1v) is 7.31. The SMILES string of the molecule is CCNCc1cccc(F)c1Sc1cccc(Cl)c1. The van der Waals surface area contributed by atoms with Crippen LogP contribution in [0.15, 0.2) is 52.3 Å². The van der Waals surface area contributed by atoms with Crippen LogP contribution >= 0.6 is 23.4 Å². The molecule has 0 amide bonds. The minimum atomic E-state index is -0.194. The molecule has 4 heteroatoms. The zero-order chi connectivity index (χ0) is 13.7. The molecule has 0 fully saturated rings. The predicted molar refractivity (Wildman–Crippen MR) is 79.4 cm³/mol. The van der Waals surface area contributed by atoms with Crippen molar-refractivity contribution in [3.8, 4) is 0 Å². The Morgan fingerprint density at radius 3 is 2.74 bits per heavy atom. The Balaban J connectivity index is 2.27. The molecule has 1 N–H and O–H groups in total. The second-order valence-corrected chi connectivity index (χ2v) is 5.59. The summed E-state index contributed by atoms with van der Waals surface area (Å²) in [6.07, 6.45) is 0. The Hall–Kier alpha value is -1.03. The highest BCUT2D eigenvalue weighted by Crippen LogP contribution is 2.33. The number of hydrogen-bond donors (Lipinski definition) is 1. The topological polar surface area (TPSA) is 12.0 Å². The molecule has 1 nitrogen and oxygen atoms in total. The standard InChI is InChI=1S/C15H15ClFNS/c1-2-18-10-11-5-3-8-14(17)15(11)19-13-7-4-6-12(16)9-13/h3-9,18H,2,10H2,1H3. The van der Waals surface area contributed by atoms with E-state index in [9.17, 15) is 4.39 Å². The van der Waals surface area contributed by atoms with Gasteiger partial charge >= 0.3 is 0 Å². The summed E-state index contributed by atoms with van der Waals surface area (Å²) in [5.41, 5.74) is 0.965. The molecule has 0 aliphatic carbocycles. The van der Waals surface area contributed by atoms with E-state index in [2.05, 4.69) is 5.32 Å². The lowest BCUT2D eigenvalue weighted by molar-refractivity contribution is 0.591. The minimum Gasteiger partial charge on any atom is -0.313 e. The molecule has 0 aromatic heterocycles. The molecule has 0 heterocycles. The third-order valence-corrected chi connectivity index (χ3v) is 4.02. The molecule has 0 saturated carbocycles. The summed E-state index contributed by atoms with van der Waals surface area (Å²) in [5.74, 6) is -0.194. The summed E-state index contributed by atoms with van der Waals surface area (Å²) >= 11 is 7.36. The average molecular weight is 296 g/mol. The van der Waals surface area contributed by atoms with Crippen LogP contribution < -0.4 is 5.32 Å². The van der Waals surface area contributed by atoms with Crippen LogP contribution in [0.3, 0.4) is 0 Å². The van der Waals surface area contributed by atoms with E-state index < -0.39 is 0 Å². The summed E-state index contributed by atoms with van der Waals surface area (Å²) in [5, 5.41) is 3.88. The van der Waals surface area contributed by atoms with Gasteiger partial charge < -0.3 is 5.32 Å². The Morgan fingerprint density at radius 2 is 2.00 bits per heavy atom. The van der Waals surface area contributed by atoms with Crippen molar-refractivity contribution >= 4 is 23.4 Å². The molecule has 0 aliphatic rings. The highest BCUT2D eigenvalue weighted by atomic mass is 35.5. The van der Waals surface area contributed by atoms with Gasteiger partial charge in [0.15, 0.2) is 0 Å². The fraction of sp³-hybridized carbons (Fsp3) is 0.200. The molecule has 0 atom stereocenters. The van der Waals surface area contributed by atoms with Gasteiger partial charge in [-0.15, -0.1) is 0 Å². The van der Waals surface area contributed by atoms with Gasteiger partial charge in [0.2, 0.25) is 0 Å². The monoisotopic (exact) mass is 295 g/mol. The Labute approximate surface area is 122 Å². The number of benzene rings is 2. The van der Waals surface area contributed by atoms with Crippen molar-refractivity contribution in [3.63, 3.8) is 0 Å². The summed E-state index contributed by atoms with van der Waals surface area (Å²) in [4.78, 5) is 1.60. The molecule has 19 heavy (non-hydrogen) atoms. The second-order valence-electron chi connectivity index (χ2n) is 4.07. The first kappa shape index (κ1) is 14.4. The molecule has 0 aliphatic heterocycles. The summed E-state index contributed by atoms with van der Waals surface area (Å²) < 4.78 is 14.0. The average Bonchev–Trinajstić information content (AvgIpc) is 2.39. The smallest absolute Gasteiger partial charge is 0.137 e. The Morgan fingerprint density at radius 1 is 1.21 bits per heavy atom. The van der Waals surface area contributed by atoms with Crippen LogP contribution in [0.1, 0.15) is 12.5 Å². The lowest BCUT2D eigenvalue weighted by Crippen LogP contribution is -2.12. The summed E-state index contributed by atoms with van der Waals surface area (Å²) in [6, 6.07) is 12.6. The molecule has 2 rings (SSSR count). The summed E-state index contributed by atoms with van der Waals surface area (Å²) in [6.45, 7) is 3.55. The maximum absolute atomic E-state index is 14.0. The maximum Gasteiger partial charge on any atom is 0.137 e. The van der Waals surface area contributed by atoms with Crippen LogP contribution in [0.4, 0.5) is 4.39 Å². The zero-order valence-electron chi connectivity index (χ0n) is 10.6. The first-order valence-electron chi connectivity index (χ1n) is 6.12. The van der Waals surface area contributed by atoms with Crippen molar-refractivity contribution in [3.05, 3.63) is 58.9 Å². The first-order chi connectivity index (χ1) is 9.20. The predicted octanol–water partition coefficient (Wildman–Crippen LogP) is 4.74. The van der Waals surface area contributed by atoms with Gasteiger partial charge in [0.05, 0.1) is 4.90 Å². The molecule has 2 aromatic rings. The van der Waals surface area contributed by atoms with E-state index in [1.807, 2.05) is 37.3 Å². The lowest BCUT2D eigenvalue weighted by Gasteiger charge is -2.10. The van der Waals surface area contributed by atoms with Crippen molar-refractivity contribution in [2.75, 3.05) is 6.54 Å². The van der Waals surface area contributed by atoms with Gasteiger partial charge in [0, 0.05) is 16.5 Å². The normalized spacial score (nSPS) is 10.7. The maximum atomic E-state index is 14.0. The molecule has 0 radical (unpaired) electrons. The lowest BCUT2D eigenvalue weighted by atomic mass is 10.2. The largest absolute Gasteiger partial charge is 0.313 e. The quantitative estimate of drug-likeness (QED) is 0.855. The van der Waals surface area contributed by atoms with Crippen molar-refractivity contribution in [2.45, 2.75) is 23.3 Å². The summed E-state index contributed by atoms with van der Waals surface area (Å²) in [7, 11) is 0. The third kappa shape index (κ3) is 3.96. The van der Waals surface area contributed by atoms with E-state index in [-0.39, 0.29) is 5.82 Å². The van der Waals surface area contributed by atoms with Gasteiger partial charge in [0.25, 0.3) is 0 Å². The van der Waals surface area contributed by atoms with Crippen LogP contribution in [-0.4, -0.2) is 6.54 Å². The highest BCUT2D eigenvalue weighted by molar-refractivity contribution is 7.99. The molecular formula is C15H15ClFNS. The second kappa shape index (κ2) is 6.94. The highest BCUT2D eigenvalue weighted by Gasteiger charge is 2.10. The van der Waals surface area contributed by atoms with E-state index in [1.165, 1.54) is 17.8 Å². The fourth-order valence-corrected chi connectivity index (χ4v) is 2.98. The zero-order valence-corrected chi connectivity index (χ0v) is 12.2. The van der Waals surface area contributed by atoms with Crippen molar-refractivity contribution < 1.29 is 4.39 Å². The third-order valence-electron chi connectivity index (χ3n) is 2.63. The van der Waals surface area contributed by atoms with Gasteiger partial charge in [-0.25, -0.2) is 4.39 Å². The Bertz CT molecular complexity index is 560. The molecular weight excluding hydrogens is 281 g/mol.